The fourth-order valence-electron chi connectivity index (χ4n) is 2.23. The highest BCUT2D eigenvalue weighted by Crippen LogP contribution is 2.18. The predicted octanol–water partition coefficient (Wildman–Crippen LogP) is 2.16. The Balaban J connectivity index is 2.28. The van der Waals surface area contributed by atoms with E-state index in [1.807, 2.05) is 24.3 Å². The van der Waals surface area contributed by atoms with E-state index in [9.17, 15) is 14.7 Å². The van der Waals surface area contributed by atoms with Crippen LogP contribution in [0.1, 0.15) is 23.0 Å². The zero-order chi connectivity index (χ0) is 17.9. The molecule has 1 heterocycles. The molecule has 1 atom stereocenters. The molecular formula is C16H18BrN3O4. The second kappa shape index (κ2) is 7.14. The molecule has 1 unspecified atom stereocenters. The molecular weight excluding hydrogens is 378 g/mol. The highest BCUT2D eigenvalue weighted by molar-refractivity contribution is 9.10. The summed E-state index contributed by atoms with van der Waals surface area (Å²) in [5.41, 5.74) is 0.201. The minimum absolute atomic E-state index is 0.145. The van der Waals surface area contributed by atoms with E-state index in [1.165, 1.54) is 20.2 Å². The molecule has 2 aromatic rings. The summed E-state index contributed by atoms with van der Waals surface area (Å²) in [5.74, 6) is -1.69. The molecule has 2 rings (SSSR count). The van der Waals surface area contributed by atoms with Gasteiger partial charge in [-0.3, -0.25) is 4.79 Å². The van der Waals surface area contributed by atoms with Crippen LogP contribution in [-0.2, 0) is 9.53 Å². The van der Waals surface area contributed by atoms with Crippen LogP contribution in [0.4, 0.5) is 0 Å². The Kier molecular flexibility index (Phi) is 5.40. The van der Waals surface area contributed by atoms with Gasteiger partial charge < -0.3 is 15.2 Å². The third kappa shape index (κ3) is 3.65. The van der Waals surface area contributed by atoms with Crippen LogP contribution in [0.5, 0.6) is 0 Å². The molecule has 8 heteroatoms. The van der Waals surface area contributed by atoms with Gasteiger partial charge in [-0.15, -0.1) is 0 Å². The van der Waals surface area contributed by atoms with Crippen molar-refractivity contribution in [2.45, 2.75) is 19.4 Å². The molecule has 1 amide bonds. The maximum atomic E-state index is 12.5. The second-order valence-corrected chi connectivity index (χ2v) is 6.47. The number of aromatic nitrogens is 2. The molecule has 0 saturated carbocycles. The first-order chi connectivity index (χ1) is 11.3. The minimum atomic E-state index is -1.52. The average Bonchev–Trinajstić information content (AvgIpc) is 2.90. The lowest BCUT2D eigenvalue weighted by atomic mass is 10.0. The van der Waals surface area contributed by atoms with Gasteiger partial charge >= 0.3 is 5.97 Å². The number of nitrogens with zero attached hydrogens (tertiary/aromatic N) is 2. The Bertz CT molecular complexity index is 757. The Hall–Kier alpha value is -2.19. The van der Waals surface area contributed by atoms with Crippen molar-refractivity contribution in [3.05, 3.63) is 46.2 Å². The number of amides is 1. The van der Waals surface area contributed by atoms with Crippen molar-refractivity contribution >= 4 is 27.8 Å². The smallest absolute Gasteiger partial charge is 0.331 e. The van der Waals surface area contributed by atoms with Crippen LogP contribution in [-0.4, -0.2) is 46.0 Å². The van der Waals surface area contributed by atoms with Crippen LogP contribution in [0.2, 0.25) is 0 Å². The summed E-state index contributed by atoms with van der Waals surface area (Å²) in [6.07, 6.45) is 1.42. The van der Waals surface area contributed by atoms with Crippen molar-refractivity contribution in [2.75, 3.05) is 13.7 Å². The van der Waals surface area contributed by atoms with E-state index in [1.54, 1.807) is 11.6 Å². The topological polar surface area (TPSA) is 93.5 Å². The van der Waals surface area contributed by atoms with Crippen molar-refractivity contribution in [1.29, 1.82) is 0 Å². The largest absolute Gasteiger partial charge is 0.479 e. The number of carboxylic acid groups (broad SMARTS) is 1. The number of methoxy groups -OCH3 is 1. The summed E-state index contributed by atoms with van der Waals surface area (Å²) in [6, 6.07) is 7.46. The Morgan fingerprint density at radius 3 is 2.54 bits per heavy atom. The van der Waals surface area contributed by atoms with E-state index in [-0.39, 0.29) is 6.61 Å². The number of hydrogen-bond acceptors (Lipinski definition) is 4. The lowest BCUT2D eigenvalue weighted by Crippen LogP contribution is -2.55. The first-order valence-electron chi connectivity index (χ1n) is 7.14. The van der Waals surface area contributed by atoms with Gasteiger partial charge in [-0.2, -0.15) is 5.10 Å². The standard InChI is InChI=1S/C16H18BrN3O4/c1-10-13(14(21)19-16(2,9-24-3)15(22)23)8-18-20(10)12-6-4-11(17)5-7-12/h4-8H,9H2,1-3H3,(H,19,21)(H,22,23). The summed E-state index contributed by atoms with van der Waals surface area (Å²) in [7, 11) is 1.38. The van der Waals surface area contributed by atoms with Crippen molar-refractivity contribution < 1.29 is 19.4 Å². The van der Waals surface area contributed by atoms with E-state index in [0.29, 0.717) is 11.3 Å². The number of hydrogen-bond donors (Lipinski definition) is 2. The number of carbonyl (C=O) groups is 2. The summed E-state index contributed by atoms with van der Waals surface area (Å²) in [6.45, 7) is 3.00. The third-order valence-corrected chi connectivity index (χ3v) is 4.15. The zero-order valence-corrected chi connectivity index (χ0v) is 15.1. The molecule has 0 bridgehead atoms. The van der Waals surface area contributed by atoms with E-state index >= 15 is 0 Å². The number of nitrogens with one attached hydrogen (secondary N) is 1. The highest BCUT2D eigenvalue weighted by atomic mass is 79.9. The number of carbonyl (C=O) groups excluding carboxylic acids is 1. The fourth-order valence-corrected chi connectivity index (χ4v) is 2.50. The molecule has 0 saturated heterocycles. The Morgan fingerprint density at radius 2 is 2.00 bits per heavy atom. The van der Waals surface area contributed by atoms with Crippen molar-refractivity contribution in [3.63, 3.8) is 0 Å². The fraction of sp³-hybridized carbons (Fsp3) is 0.312. The maximum Gasteiger partial charge on any atom is 0.331 e. The first-order valence-corrected chi connectivity index (χ1v) is 7.93. The minimum Gasteiger partial charge on any atom is -0.479 e. The van der Waals surface area contributed by atoms with Crippen LogP contribution in [0.3, 0.4) is 0 Å². The molecule has 0 aliphatic rings. The number of halogens is 1. The quantitative estimate of drug-likeness (QED) is 0.781. The molecule has 1 aromatic heterocycles. The summed E-state index contributed by atoms with van der Waals surface area (Å²) in [4.78, 5) is 23.9. The third-order valence-electron chi connectivity index (χ3n) is 3.62. The van der Waals surface area contributed by atoms with Crippen LogP contribution in [0.25, 0.3) is 5.69 Å². The summed E-state index contributed by atoms with van der Waals surface area (Å²) in [5, 5.41) is 16.0. The van der Waals surface area contributed by atoms with Crippen molar-refractivity contribution in [2.24, 2.45) is 0 Å². The van der Waals surface area contributed by atoms with Crippen LogP contribution < -0.4 is 5.32 Å². The SMILES string of the molecule is COCC(C)(NC(=O)c1cnn(-c2ccc(Br)cc2)c1C)C(=O)O. The lowest BCUT2D eigenvalue weighted by molar-refractivity contribution is -0.145. The predicted molar refractivity (Wildman–Crippen MR) is 91.4 cm³/mol. The summed E-state index contributed by atoms with van der Waals surface area (Å²) < 4.78 is 7.46. The van der Waals surface area contributed by atoms with Crippen LogP contribution in [0.15, 0.2) is 34.9 Å². The molecule has 1 aromatic carbocycles. The van der Waals surface area contributed by atoms with Gasteiger partial charge in [0.2, 0.25) is 0 Å². The van der Waals surface area contributed by atoms with Gasteiger partial charge in [0.15, 0.2) is 5.54 Å². The molecule has 7 nitrogen and oxygen atoms in total. The van der Waals surface area contributed by atoms with Gasteiger partial charge in [-0.1, -0.05) is 15.9 Å². The number of carboxylic acids is 1. The van der Waals surface area contributed by atoms with E-state index in [4.69, 9.17) is 4.74 Å². The number of ether oxygens (including phenoxy) is 1. The van der Waals surface area contributed by atoms with Gasteiger partial charge in [-0.05, 0) is 38.1 Å². The highest BCUT2D eigenvalue weighted by Gasteiger charge is 2.36. The first kappa shape index (κ1) is 18.2. The van der Waals surface area contributed by atoms with Crippen molar-refractivity contribution in [1.82, 2.24) is 15.1 Å². The van der Waals surface area contributed by atoms with Gasteiger partial charge in [0.1, 0.15) is 0 Å². The molecule has 0 aliphatic heterocycles. The van der Waals surface area contributed by atoms with E-state index < -0.39 is 17.4 Å². The van der Waals surface area contributed by atoms with Crippen LogP contribution >= 0.6 is 15.9 Å². The number of aliphatic carboxylic acids is 1. The van der Waals surface area contributed by atoms with Crippen molar-refractivity contribution in [3.8, 4) is 5.69 Å². The molecule has 0 spiro atoms. The number of benzene rings is 1. The molecule has 2 N–H and O–H groups in total. The zero-order valence-electron chi connectivity index (χ0n) is 13.5. The van der Waals surface area contributed by atoms with Crippen LogP contribution in [0, 0.1) is 6.92 Å². The molecule has 0 radical (unpaired) electrons. The maximum absolute atomic E-state index is 12.5. The Morgan fingerprint density at radius 1 is 1.38 bits per heavy atom. The van der Waals surface area contributed by atoms with E-state index in [0.717, 1.165) is 10.2 Å². The molecule has 0 aliphatic carbocycles. The van der Waals surface area contributed by atoms with E-state index in [2.05, 4.69) is 26.3 Å². The van der Waals surface area contributed by atoms with Gasteiger partial charge in [0.25, 0.3) is 5.91 Å². The molecule has 0 fully saturated rings. The average molecular weight is 396 g/mol. The van der Waals surface area contributed by atoms with Gasteiger partial charge in [-0.25, -0.2) is 9.48 Å². The molecule has 24 heavy (non-hydrogen) atoms. The normalized spacial score (nSPS) is 13.3. The number of rotatable bonds is 6. The monoisotopic (exact) mass is 395 g/mol. The Labute approximate surface area is 147 Å². The molecule has 128 valence electrons. The van der Waals surface area contributed by atoms with Gasteiger partial charge in [0, 0.05) is 11.6 Å². The lowest BCUT2D eigenvalue weighted by Gasteiger charge is -2.25. The summed E-state index contributed by atoms with van der Waals surface area (Å²) >= 11 is 3.36. The van der Waals surface area contributed by atoms with Gasteiger partial charge in [0.05, 0.1) is 29.7 Å². The second-order valence-electron chi connectivity index (χ2n) is 5.56.